The molecule has 3 heteroatoms. The summed E-state index contributed by atoms with van der Waals surface area (Å²) in [6, 6.07) is 16.2. The summed E-state index contributed by atoms with van der Waals surface area (Å²) in [6.45, 7) is 4.20. The summed E-state index contributed by atoms with van der Waals surface area (Å²) in [4.78, 5) is 7.79. The number of hydrogen-bond acceptors (Lipinski definition) is 2. The third-order valence-corrected chi connectivity index (χ3v) is 3.58. The molecule has 3 nitrogen and oxygen atoms in total. The fourth-order valence-electron chi connectivity index (χ4n) is 2.59. The zero-order valence-electron chi connectivity index (χ0n) is 12.3. The molecule has 0 saturated heterocycles. The fraction of sp³-hybridized carbons (Fsp3) is 0.167. The molecule has 0 fully saturated rings. The quantitative estimate of drug-likeness (QED) is 0.766. The van der Waals surface area contributed by atoms with Gasteiger partial charge in [0.05, 0.1) is 17.9 Å². The smallest absolute Gasteiger partial charge is 0.128 e. The maximum absolute atomic E-state index is 6.27. The molecule has 0 bridgehead atoms. The van der Waals surface area contributed by atoms with Crippen molar-refractivity contribution in [1.82, 2.24) is 9.97 Å². The first-order chi connectivity index (χ1) is 10.1. The van der Waals surface area contributed by atoms with E-state index in [0.717, 1.165) is 22.6 Å². The lowest BCUT2D eigenvalue weighted by molar-refractivity contribution is 0.801. The highest BCUT2D eigenvalue weighted by molar-refractivity contribution is 5.61. The minimum absolute atomic E-state index is 0.231. The molecule has 106 valence electrons. The van der Waals surface area contributed by atoms with Gasteiger partial charge in [-0.05, 0) is 31.5 Å². The summed E-state index contributed by atoms with van der Waals surface area (Å²) < 4.78 is 0. The predicted octanol–water partition coefficient (Wildman–Crippen LogP) is 3.74. The highest BCUT2D eigenvalue weighted by atomic mass is 15.0. The second-order valence-corrected chi connectivity index (χ2v) is 5.45. The molecule has 1 atom stereocenters. The average Bonchev–Trinajstić information content (AvgIpc) is 2.96. The SMILES string of the molecule is Cc1cc(C)cc(-c2cnc(C(N)c3ccccc3)[nH]2)c1. The zero-order valence-corrected chi connectivity index (χ0v) is 12.3. The van der Waals surface area contributed by atoms with Crippen molar-refractivity contribution in [3.05, 3.63) is 77.2 Å². The molecule has 0 aliphatic rings. The molecule has 1 heterocycles. The molecule has 0 saturated carbocycles. The predicted molar refractivity (Wildman–Crippen MR) is 86.0 cm³/mol. The number of rotatable bonds is 3. The molecule has 0 radical (unpaired) electrons. The molecule has 0 aliphatic carbocycles. The number of H-pyrrole nitrogens is 1. The van der Waals surface area contributed by atoms with E-state index in [4.69, 9.17) is 5.73 Å². The third-order valence-electron chi connectivity index (χ3n) is 3.58. The van der Waals surface area contributed by atoms with Gasteiger partial charge in [0.15, 0.2) is 0 Å². The van der Waals surface area contributed by atoms with Gasteiger partial charge in [0, 0.05) is 5.56 Å². The van der Waals surface area contributed by atoms with Crippen LogP contribution in [0.3, 0.4) is 0 Å². The summed E-state index contributed by atoms with van der Waals surface area (Å²) in [7, 11) is 0. The van der Waals surface area contributed by atoms with E-state index in [2.05, 4.69) is 42.0 Å². The van der Waals surface area contributed by atoms with E-state index in [1.165, 1.54) is 11.1 Å². The molecule has 3 aromatic rings. The molecule has 21 heavy (non-hydrogen) atoms. The number of nitrogens with one attached hydrogen (secondary N) is 1. The van der Waals surface area contributed by atoms with Gasteiger partial charge in [0.25, 0.3) is 0 Å². The van der Waals surface area contributed by atoms with E-state index in [1.54, 1.807) is 0 Å². The molecule has 3 N–H and O–H groups in total. The number of benzene rings is 2. The first kappa shape index (κ1) is 13.6. The van der Waals surface area contributed by atoms with E-state index in [1.807, 2.05) is 36.5 Å². The third kappa shape index (κ3) is 2.88. The number of hydrogen-bond donors (Lipinski definition) is 2. The molecule has 2 aromatic carbocycles. The Morgan fingerprint density at radius 1 is 1.00 bits per heavy atom. The highest BCUT2D eigenvalue weighted by Gasteiger charge is 2.13. The van der Waals surface area contributed by atoms with Crippen LogP contribution in [-0.4, -0.2) is 9.97 Å². The number of nitrogens with zero attached hydrogens (tertiary/aromatic N) is 1. The van der Waals surface area contributed by atoms with Crippen molar-refractivity contribution >= 4 is 0 Å². The summed E-state index contributed by atoms with van der Waals surface area (Å²) >= 11 is 0. The minimum atomic E-state index is -0.231. The monoisotopic (exact) mass is 277 g/mol. The van der Waals surface area contributed by atoms with Crippen molar-refractivity contribution in [2.24, 2.45) is 5.73 Å². The van der Waals surface area contributed by atoms with Gasteiger partial charge in [-0.3, -0.25) is 0 Å². The van der Waals surface area contributed by atoms with Gasteiger partial charge in [-0.25, -0.2) is 4.98 Å². The van der Waals surface area contributed by atoms with E-state index < -0.39 is 0 Å². The molecule has 0 spiro atoms. The molecular weight excluding hydrogens is 258 g/mol. The van der Waals surface area contributed by atoms with Crippen LogP contribution in [0, 0.1) is 13.8 Å². The largest absolute Gasteiger partial charge is 0.340 e. The molecule has 1 unspecified atom stereocenters. The topological polar surface area (TPSA) is 54.7 Å². The Balaban J connectivity index is 1.93. The first-order valence-corrected chi connectivity index (χ1v) is 7.07. The van der Waals surface area contributed by atoms with Gasteiger partial charge < -0.3 is 10.7 Å². The van der Waals surface area contributed by atoms with E-state index >= 15 is 0 Å². The van der Waals surface area contributed by atoms with Crippen molar-refractivity contribution in [2.45, 2.75) is 19.9 Å². The summed E-state index contributed by atoms with van der Waals surface area (Å²) in [5, 5.41) is 0. The molecule has 3 rings (SSSR count). The lowest BCUT2D eigenvalue weighted by Crippen LogP contribution is -2.13. The summed E-state index contributed by atoms with van der Waals surface area (Å²) in [6.07, 6.45) is 1.85. The van der Waals surface area contributed by atoms with E-state index in [-0.39, 0.29) is 6.04 Å². The van der Waals surface area contributed by atoms with Crippen molar-refractivity contribution in [2.75, 3.05) is 0 Å². The van der Waals surface area contributed by atoms with Gasteiger partial charge in [-0.15, -0.1) is 0 Å². The second-order valence-electron chi connectivity index (χ2n) is 5.45. The van der Waals surface area contributed by atoms with E-state index in [9.17, 15) is 0 Å². The van der Waals surface area contributed by atoms with Crippen LogP contribution in [0.4, 0.5) is 0 Å². The summed E-state index contributed by atoms with van der Waals surface area (Å²) in [5.74, 6) is 0.787. The minimum Gasteiger partial charge on any atom is -0.340 e. The Morgan fingerprint density at radius 2 is 1.67 bits per heavy atom. The highest BCUT2D eigenvalue weighted by Crippen LogP contribution is 2.23. The Labute approximate surface area is 124 Å². The van der Waals surface area contributed by atoms with Crippen LogP contribution in [0.2, 0.25) is 0 Å². The van der Waals surface area contributed by atoms with Gasteiger partial charge in [-0.1, -0.05) is 47.5 Å². The summed E-state index contributed by atoms with van der Waals surface area (Å²) in [5.41, 5.74) is 12.0. The lowest BCUT2D eigenvalue weighted by Gasteiger charge is -2.08. The number of aryl methyl sites for hydroxylation is 2. The fourth-order valence-corrected chi connectivity index (χ4v) is 2.59. The number of nitrogens with two attached hydrogens (primary N) is 1. The standard InChI is InChI=1S/C18H19N3/c1-12-8-13(2)10-15(9-12)16-11-20-18(21-16)17(19)14-6-4-3-5-7-14/h3-11,17H,19H2,1-2H3,(H,20,21). The maximum atomic E-state index is 6.27. The molecule has 0 aliphatic heterocycles. The molecule has 0 amide bonds. The van der Waals surface area contributed by atoms with Gasteiger partial charge in [0.2, 0.25) is 0 Å². The number of aromatic amines is 1. The van der Waals surface area contributed by atoms with Gasteiger partial charge in [0.1, 0.15) is 5.82 Å². The van der Waals surface area contributed by atoms with Crippen LogP contribution < -0.4 is 5.73 Å². The Hall–Kier alpha value is -2.39. The van der Waals surface area contributed by atoms with Crippen LogP contribution in [0.5, 0.6) is 0 Å². The van der Waals surface area contributed by atoms with Crippen LogP contribution in [-0.2, 0) is 0 Å². The second kappa shape index (κ2) is 5.54. The average molecular weight is 277 g/mol. The Kier molecular flexibility index (Phi) is 3.59. The molecule has 1 aromatic heterocycles. The van der Waals surface area contributed by atoms with Gasteiger partial charge in [-0.2, -0.15) is 0 Å². The maximum Gasteiger partial charge on any atom is 0.128 e. The Morgan fingerprint density at radius 3 is 2.33 bits per heavy atom. The van der Waals surface area contributed by atoms with Crippen molar-refractivity contribution < 1.29 is 0 Å². The van der Waals surface area contributed by atoms with Crippen molar-refractivity contribution in [3.8, 4) is 11.3 Å². The van der Waals surface area contributed by atoms with Crippen LogP contribution in [0.1, 0.15) is 28.6 Å². The normalized spacial score (nSPS) is 12.3. The van der Waals surface area contributed by atoms with Crippen LogP contribution >= 0.6 is 0 Å². The van der Waals surface area contributed by atoms with Gasteiger partial charge >= 0.3 is 0 Å². The van der Waals surface area contributed by atoms with Crippen molar-refractivity contribution in [3.63, 3.8) is 0 Å². The number of imidazole rings is 1. The van der Waals surface area contributed by atoms with Crippen molar-refractivity contribution in [1.29, 1.82) is 0 Å². The van der Waals surface area contributed by atoms with Crippen LogP contribution in [0.15, 0.2) is 54.7 Å². The molecular formula is C18H19N3. The van der Waals surface area contributed by atoms with Crippen LogP contribution in [0.25, 0.3) is 11.3 Å². The zero-order chi connectivity index (χ0) is 14.8. The van der Waals surface area contributed by atoms with E-state index in [0.29, 0.717) is 0 Å². The first-order valence-electron chi connectivity index (χ1n) is 7.07. The lowest BCUT2D eigenvalue weighted by atomic mass is 10.1. The Bertz CT molecular complexity index is 724. The number of aromatic nitrogens is 2.